The van der Waals surface area contributed by atoms with Gasteiger partial charge in [-0.05, 0) is 30.0 Å². The summed E-state index contributed by atoms with van der Waals surface area (Å²) in [5.41, 5.74) is 2.15. The lowest BCUT2D eigenvalue weighted by atomic mass is 10.1. The zero-order valence-electron chi connectivity index (χ0n) is 15.3. The third-order valence-corrected chi connectivity index (χ3v) is 3.68. The maximum Gasteiger partial charge on any atom is 0.191 e. The van der Waals surface area contributed by atoms with Crippen molar-refractivity contribution in [2.75, 3.05) is 26.8 Å². The van der Waals surface area contributed by atoms with Crippen LogP contribution < -0.4 is 10.6 Å². The van der Waals surface area contributed by atoms with E-state index < -0.39 is 0 Å². The van der Waals surface area contributed by atoms with Crippen molar-refractivity contribution in [2.45, 2.75) is 26.8 Å². The highest BCUT2D eigenvalue weighted by Crippen LogP contribution is 2.07. The minimum atomic E-state index is 0.679. The van der Waals surface area contributed by atoms with Crippen LogP contribution >= 0.6 is 0 Å². The molecule has 1 aromatic carbocycles. The first kappa shape index (κ1) is 18.9. The molecule has 0 radical (unpaired) electrons. The van der Waals surface area contributed by atoms with Crippen molar-refractivity contribution >= 4 is 5.96 Å². The molecule has 0 unspecified atom stereocenters. The molecule has 7 nitrogen and oxygen atoms in total. The number of hydrogen-bond acceptors (Lipinski definition) is 4. The Hall–Kier alpha value is -2.41. The summed E-state index contributed by atoms with van der Waals surface area (Å²) in [5, 5.41) is 10.7. The summed E-state index contributed by atoms with van der Waals surface area (Å²) in [6, 6.07) is 8.16. The van der Waals surface area contributed by atoms with Gasteiger partial charge in [-0.25, -0.2) is 9.67 Å². The molecule has 0 amide bonds. The Morgan fingerprint density at radius 1 is 1.20 bits per heavy atom. The predicted octanol–water partition coefficient (Wildman–Crippen LogP) is 1.99. The average molecular weight is 344 g/mol. The van der Waals surface area contributed by atoms with Crippen molar-refractivity contribution in [1.29, 1.82) is 0 Å². The molecule has 0 spiro atoms. The number of aromatic nitrogens is 3. The van der Waals surface area contributed by atoms with Crippen LogP contribution in [0.2, 0.25) is 0 Å². The second-order valence-electron chi connectivity index (χ2n) is 6.15. The van der Waals surface area contributed by atoms with Crippen LogP contribution in [0.3, 0.4) is 0 Å². The van der Waals surface area contributed by atoms with Gasteiger partial charge in [-0.2, -0.15) is 5.10 Å². The Kier molecular flexibility index (Phi) is 7.91. The van der Waals surface area contributed by atoms with E-state index in [1.807, 2.05) is 12.1 Å². The van der Waals surface area contributed by atoms with E-state index in [2.05, 4.69) is 51.7 Å². The van der Waals surface area contributed by atoms with Gasteiger partial charge < -0.3 is 15.4 Å². The number of ether oxygens (including phenoxy) is 1. The fraction of sp³-hybridized carbons (Fsp3) is 0.500. The number of aliphatic imine (C=N–C) groups is 1. The molecule has 0 aliphatic heterocycles. The van der Waals surface area contributed by atoms with Crippen LogP contribution in [0.15, 0.2) is 41.9 Å². The minimum Gasteiger partial charge on any atom is -0.380 e. The van der Waals surface area contributed by atoms with Gasteiger partial charge >= 0.3 is 0 Å². The molecule has 2 rings (SSSR count). The van der Waals surface area contributed by atoms with Gasteiger partial charge in [-0.3, -0.25) is 4.99 Å². The first-order valence-electron chi connectivity index (χ1n) is 8.65. The van der Waals surface area contributed by atoms with E-state index in [4.69, 9.17) is 4.74 Å². The highest BCUT2D eigenvalue weighted by Gasteiger charge is 2.00. The van der Waals surface area contributed by atoms with Gasteiger partial charge in [-0.1, -0.05) is 26.0 Å². The van der Waals surface area contributed by atoms with Crippen LogP contribution in [-0.4, -0.2) is 47.5 Å². The Morgan fingerprint density at radius 2 is 2.00 bits per heavy atom. The van der Waals surface area contributed by atoms with E-state index in [1.165, 1.54) is 11.9 Å². The van der Waals surface area contributed by atoms with Crippen LogP contribution in [0.1, 0.15) is 25.8 Å². The second-order valence-corrected chi connectivity index (χ2v) is 6.15. The third-order valence-electron chi connectivity index (χ3n) is 3.68. The zero-order chi connectivity index (χ0) is 17.9. The highest BCUT2D eigenvalue weighted by atomic mass is 16.5. The molecule has 0 saturated heterocycles. The van der Waals surface area contributed by atoms with Crippen molar-refractivity contribution < 1.29 is 4.74 Å². The SMILES string of the molecule is CN=C(NCCOCCC(C)C)NCc1ccc(-n2cncn2)cc1. The molecule has 25 heavy (non-hydrogen) atoms. The van der Waals surface area contributed by atoms with E-state index in [9.17, 15) is 0 Å². The van der Waals surface area contributed by atoms with Crippen molar-refractivity contribution in [3.63, 3.8) is 0 Å². The van der Waals surface area contributed by atoms with E-state index in [-0.39, 0.29) is 0 Å². The summed E-state index contributed by atoms with van der Waals surface area (Å²) in [5.74, 6) is 1.45. The van der Waals surface area contributed by atoms with Crippen molar-refractivity contribution in [1.82, 2.24) is 25.4 Å². The van der Waals surface area contributed by atoms with Crippen LogP contribution in [-0.2, 0) is 11.3 Å². The van der Waals surface area contributed by atoms with Gasteiger partial charge in [-0.15, -0.1) is 0 Å². The van der Waals surface area contributed by atoms with E-state index in [0.29, 0.717) is 19.1 Å². The molecule has 0 aliphatic carbocycles. The maximum absolute atomic E-state index is 5.59. The summed E-state index contributed by atoms with van der Waals surface area (Å²) in [6.07, 6.45) is 4.30. The molecule has 0 atom stereocenters. The van der Waals surface area contributed by atoms with Gasteiger partial charge in [0.15, 0.2) is 5.96 Å². The van der Waals surface area contributed by atoms with Gasteiger partial charge in [0.1, 0.15) is 12.7 Å². The van der Waals surface area contributed by atoms with E-state index >= 15 is 0 Å². The molecule has 0 fully saturated rings. The Bertz CT molecular complexity index is 622. The van der Waals surface area contributed by atoms with Crippen LogP contribution in [0.4, 0.5) is 0 Å². The first-order valence-corrected chi connectivity index (χ1v) is 8.65. The Morgan fingerprint density at radius 3 is 2.64 bits per heavy atom. The zero-order valence-corrected chi connectivity index (χ0v) is 15.3. The molecule has 7 heteroatoms. The van der Waals surface area contributed by atoms with E-state index in [1.54, 1.807) is 18.1 Å². The molecule has 0 aliphatic rings. The van der Waals surface area contributed by atoms with Gasteiger partial charge in [0.05, 0.1) is 12.3 Å². The Balaban J connectivity index is 1.68. The largest absolute Gasteiger partial charge is 0.380 e. The van der Waals surface area contributed by atoms with Crippen molar-refractivity contribution in [3.05, 3.63) is 42.5 Å². The second kappa shape index (κ2) is 10.5. The molecular weight excluding hydrogens is 316 g/mol. The normalized spacial score (nSPS) is 11.8. The number of hydrogen-bond donors (Lipinski definition) is 2. The maximum atomic E-state index is 5.59. The lowest BCUT2D eigenvalue weighted by molar-refractivity contribution is 0.128. The minimum absolute atomic E-state index is 0.679. The van der Waals surface area contributed by atoms with E-state index in [0.717, 1.165) is 31.2 Å². The fourth-order valence-electron chi connectivity index (χ4n) is 2.18. The summed E-state index contributed by atoms with van der Waals surface area (Å²) >= 11 is 0. The predicted molar refractivity (Wildman–Crippen MR) is 99.8 cm³/mol. The molecule has 1 heterocycles. The molecule has 2 N–H and O–H groups in total. The van der Waals surface area contributed by atoms with Crippen LogP contribution in [0, 0.1) is 5.92 Å². The quantitative estimate of drug-likeness (QED) is 0.413. The number of benzene rings is 1. The number of nitrogens with one attached hydrogen (secondary N) is 2. The van der Waals surface area contributed by atoms with Gasteiger partial charge in [0.25, 0.3) is 0 Å². The topological polar surface area (TPSA) is 76.4 Å². The molecular formula is C18H28N6O. The lowest BCUT2D eigenvalue weighted by Gasteiger charge is -2.13. The smallest absolute Gasteiger partial charge is 0.191 e. The van der Waals surface area contributed by atoms with Crippen LogP contribution in [0.25, 0.3) is 5.69 Å². The monoisotopic (exact) mass is 344 g/mol. The summed E-state index contributed by atoms with van der Waals surface area (Å²) in [4.78, 5) is 8.18. The number of rotatable bonds is 9. The molecule has 136 valence electrons. The Labute approximate surface area is 149 Å². The standard InChI is InChI=1S/C18H28N6O/c1-15(2)8-10-25-11-9-21-18(19-3)22-12-16-4-6-17(7-5-16)24-14-20-13-23-24/h4-7,13-15H,8-12H2,1-3H3,(H2,19,21,22). The summed E-state index contributed by atoms with van der Waals surface area (Å²) in [7, 11) is 1.77. The van der Waals surface area contributed by atoms with Gasteiger partial charge in [0, 0.05) is 26.7 Å². The molecule has 1 aromatic heterocycles. The number of nitrogens with zero attached hydrogens (tertiary/aromatic N) is 4. The molecule has 0 bridgehead atoms. The first-order chi connectivity index (χ1) is 12.2. The van der Waals surface area contributed by atoms with Crippen molar-refractivity contribution in [3.8, 4) is 5.69 Å². The highest BCUT2D eigenvalue weighted by molar-refractivity contribution is 5.79. The lowest BCUT2D eigenvalue weighted by Crippen LogP contribution is -2.38. The third kappa shape index (κ3) is 6.93. The number of guanidine groups is 1. The molecule has 0 saturated carbocycles. The summed E-state index contributed by atoms with van der Waals surface area (Å²) in [6.45, 7) is 7.33. The molecule has 2 aromatic rings. The summed E-state index contributed by atoms with van der Waals surface area (Å²) < 4.78 is 7.33. The average Bonchev–Trinajstić information content (AvgIpc) is 3.15. The van der Waals surface area contributed by atoms with Crippen LogP contribution in [0.5, 0.6) is 0 Å². The van der Waals surface area contributed by atoms with Crippen molar-refractivity contribution in [2.24, 2.45) is 10.9 Å². The fourth-order valence-corrected chi connectivity index (χ4v) is 2.18. The van der Waals surface area contributed by atoms with Gasteiger partial charge in [0.2, 0.25) is 0 Å².